The average Bonchev–Trinajstić information content (AvgIpc) is 2.47. The highest BCUT2D eigenvalue weighted by molar-refractivity contribution is 6.04. The maximum atomic E-state index is 11.9. The predicted octanol–water partition coefficient (Wildman–Crippen LogP) is 2.96. The molecular weight excluding hydrogens is 236 g/mol. The molecule has 0 aliphatic carbocycles. The van der Waals surface area contributed by atoms with Crippen LogP contribution < -0.4 is 5.32 Å². The SMILES string of the molecule is C/C(=C\C(=O)c1cccnc1)NCc1ccccc1. The summed E-state index contributed by atoms with van der Waals surface area (Å²) in [5.41, 5.74) is 2.63. The Morgan fingerprint density at radius 2 is 2.00 bits per heavy atom. The van der Waals surface area contributed by atoms with Crippen LogP contribution in [0.2, 0.25) is 0 Å². The highest BCUT2D eigenvalue weighted by Gasteiger charge is 2.02. The maximum Gasteiger partial charge on any atom is 0.189 e. The van der Waals surface area contributed by atoms with Crippen LogP contribution in [0.3, 0.4) is 0 Å². The minimum atomic E-state index is -0.0360. The Morgan fingerprint density at radius 3 is 2.68 bits per heavy atom. The molecule has 0 atom stereocenters. The number of allylic oxidation sites excluding steroid dienone is 2. The molecule has 0 aliphatic rings. The topological polar surface area (TPSA) is 42.0 Å². The monoisotopic (exact) mass is 252 g/mol. The molecule has 0 bridgehead atoms. The number of hydrogen-bond acceptors (Lipinski definition) is 3. The summed E-state index contributed by atoms with van der Waals surface area (Å²) in [5, 5.41) is 3.22. The van der Waals surface area contributed by atoms with Gasteiger partial charge in [0.1, 0.15) is 0 Å². The molecular formula is C16H16N2O. The van der Waals surface area contributed by atoms with Gasteiger partial charge in [0.2, 0.25) is 0 Å². The summed E-state index contributed by atoms with van der Waals surface area (Å²) in [5.74, 6) is -0.0360. The van der Waals surface area contributed by atoms with Gasteiger partial charge in [-0.2, -0.15) is 0 Å². The van der Waals surface area contributed by atoms with E-state index in [1.807, 2.05) is 37.3 Å². The van der Waals surface area contributed by atoms with Crippen molar-refractivity contribution in [1.29, 1.82) is 0 Å². The lowest BCUT2D eigenvalue weighted by Crippen LogP contribution is -2.12. The van der Waals surface area contributed by atoms with Crippen molar-refractivity contribution in [3.05, 3.63) is 77.8 Å². The molecule has 2 rings (SSSR count). The molecule has 0 spiro atoms. The predicted molar refractivity (Wildman–Crippen MR) is 75.6 cm³/mol. The first-order chi connectivity index (χ1) is 9.25. The van der Waals surface area contributed by atoms with Gasteiger partial charge >= 0.3 is 0 Å². The van der Waals surface area contributed by atoms with E-state index in [2.05, 4.69) is 10.3 Å². The Labute approximate surface area is 113 Å². The fourth-order valence-electron chi connectivity index (χ4n) is 1.68. The summed E-state index contributed by atoms with van der Waals surface area (Å²) in [7, 11) is 0. The van der Waals surface area contributed by atoms with Crippen molar-refractivity contribution < 1.29 is 4.79 Å². The number of carbonyl (C=O) groups is 1. The number of rotatable bonds is 5. The Hall–Kier alpha value is -2.42. The van der Waals surface area contributed by atoms with Gasteiger partial charge in [-0.05, 0) is 24.6 Å². The van der Waals surface area contributed by atoms with Gasteiger partial charge < -0.3 is 5.32 Å². The highest BCUT2D eigenvalue weighted by Crippen LogP contribution is 2.02. The molecule has 19 heavy (non-hydrogen) atoms. The lowest BCUT2D eigenvalue weighted by atomic mass is 10.1. The molecule has 3 heteroatoms. The van der Waals surface area contributed by atoms with E-state index in [9.17, 15) is 4.79 Å². The minimum absolute atomic E-state index is 0.0360. The van der Waals surface area contributed by atoms with E-state index in [0.717, 1.165) is 5.70 Å². The first kappa shape index (κ1) is 13.0. The number of benzene rings is 1. The van der Waals surface area contributed by atoms with E-state index < -0.39 is 0 Å². The van der Waals surface area contributed by atoms with Crippen molar-refractivity contribution in [1.82, 2.24) is 10.3 Å². The zero-order chi connectivity index (χ0) is 13.5. The fraction of sp³-hybridized carbons (Fsp3) is 0.125. The summed E-state index contributed by atoms with van der Waals surface area (Å²) >= 11 is 0. The normalized spacial score (nSPS) is 11.1. The number of hydrogen-bond donors (Lipinski definition) is 1. The first-order valence-corrected chi connectivity index (χ1v) is 6.16. The molecule has 0 aliphatic heterocycles. The van der Waals surface area contributed by atoms with Crippen molar-refractivity contribution in [3.63, 3.8) is 0 Å². The van der Waals surface area contributed by atoms with Crippen molar-refractivity contribution >= 4 is 5.78 Å². The fourth-order valence-corrected chi connectivity index (χ4v) is 1.68. The Balaban J connectivity index is 1.94. The summed E-state index contributed by atoms with van der Waals surface area (Å²) in [6, 6.07) is 13.6. The van der Waals surface area contributed by atoms with Gasteiger partial charge in [-0.1, -0.05) is 30.3 Å². The third-order valence-electron chi connectivity index (χ3n) is 2.71. The molecule has 0 saturated carbocycles. The highest BCUT2D eigenvalue weighted by atomic mass is 16.1. The largest absolute Gasteiger partial charge is 0.384 e. The molecule has 0 radical (unpaired) electrons. The first-order valence-electron chi connectivity index (χ1n) is 6.16. The quantitative estimate of drug-likeness (QED) is 0.657. The van der Waals surface area contributed by atoms with Gasteiger partial charge in [0, 0.05) is 36.3 Å². The van der Waals surface area contributed by atoms with Crippen LogP contribution in [0.15, 0.2) is 66.6 Å². The van der Waals surface area contributed by atoms with Crippen LogP contribution in [-0.4, -0.2) is 10.8 Å². The number of aromatic nitrogens is 1. The molecule has 1 heterocycles. The number of nitrogens with one attached hydrogen (secondary N) is 1. The van der Waals surface area contributed by atoms with Gasteiger partial charge in [0.05, 0.1) is 0 Å². The molecule has 3 nitrogen and oxygen atoms in total. The van der Waals surface area contributed by atoms with Crippen LogP contribution >= 0.6 is 0 Å². The van der Waals surface area contributed by atoms with Gasteiger partial charge in [0.25, 0.3) is 0 Å². The van der Waals surface area contributed by atoms with Crippen LogP contribution in [0.25, 0.3) is 0 Å². The molecule has 1 N–H and O–H groups in total. The van der Waals surface area contributed by atoms with Crippen molar-refractivity contribution in [2.45, 2.75) is 13.5 Å². The van der Waals surface area contributed by atoms with Crippen LogP contribution in [0, 0.1) is 0 Å². The van der Waals surface area contributed by atoms with E-state index >= 15 is 0 Å². The lowest BCUT2D eigenvalue weighted by molar-refractivity contribution is 0.104. The minimum Gasteiger partial charge on any atom is -0.384 e. The van der Waals surface area contributed by atoms with Crippen LogP contribution in [0.5, 0.6) is 0 Å². The van der Waals surface area contributed by atoms with E-state index in [1.54, 1.807) is 30.6 Å². The molecule has 0 unspecified atom stereocenters. The Morgan fingerprint density at radius 1 is 1.21 bits per heavy atom. The summed E-state index contributed by atoms with van der Waals surface area (Å²) in [4.78, 5) is 15.8. The van der Waals surface area contributed by atoms with Gasteiger partial charge in [0.15, 0.2) is 5.78 Å². The smallest absolute Gasteiger partial charge is 0.189 e. The van der Waals surface area contributed by atoms with Crippen molar-refractivity contribution in [2.24, 2.45) is 0 Å². The third kappa shape index (κ3) is 4.07. The van der Waals surface area contributed by atoms with E-state index in [4.69, 9.17) is 0 Å². The second kappa shape index (κ2) is 6.50. The van der Waals surface area contributed by atoms with Crippen molar-refractivity contribution in [2.75, 3.05) is 0 Å². The zero-order valence-electron chi connectivity index (χ0n) is 10.8. The summed E-state index contributed by atoms with van der Waals surface area (Å²) < 4.78 is 0. The molecule has 2 aromatic rings. The number of nitrogens with zero attached hydrogens (tertiary/aromatic N) is 1. The Bertz CT molecular complexity index is 562. The van der Waals surface area contributed by atoms with Gasteiger partial charge in [-0.25, -0.2) is 0 Å². The van der Waals surface area contributed by atoms with Crippen LogP contribution in [-0.2, 0) is 6.54 Å². The zero-order valence-corrected chi connectivity index (χ0v) is 10.8. The van der Waals surface area contributed by atoms with E-state index in [1.165, 1.54) is 5.56 Å². The number of pyridine rings is 1. The molecule has 0 saturated heterocycles. The number of ketones is 1. The maximum absolute atomic E-state index is 11.9. The third-order valence-corrected chi connectivity index (χ3v) is 2.71. The molecule has 1 aromatic heterocycles. The molecule has 1 aromatic carbocycles. The van der Waals surface area contributed by atoms with Crippen LogP contribution in [0.1, 0.15) is 22.8 Å². The average molecular weight is 252 g/mol. The van der Waals surface area contributed by atoms with E-state index in [-0.39, 0.29) is 5.78 Å². The standard InChI is InChI=1S/C16H16N2O/c1-13(18-11-14-6-3-2-4-7-14)10-16(19)15-8-5-9-17-12-15/h2-10,12,18H,11H2,1H3/b13-10+. The van der Waals surface area contributed by atoms with Gasteiger partial charge in [-0.15, -0.1) is 0 Å². The Kier molecular flexibility index (Phi) is 4.45. The van der Waals surface area contributed by atoms with Crippen molar-refractivity contribution in [3.8, 4) is 0 Å². The summed E-state index contributed by atoms with van der Waals surface area (Å²) in [6.45, 7) is 2.60. The molecule has 96 valence electrons. The second-order valence-corrected chi connectivity index (χ2v) is 4.27. The summed E-state index contributed by atoms with van der Waals surface area (Å²) in [6.07, 6.45) is 4.82. The number of carbonyl (C=O) groups excluding carboxylic acids is 1. The van der Waals surface area contributed by atoms with Crippen LogP contribution in [0.4, 0.5) is 0 Å². The second-order valence-electron chi connectivity index (χ2n) is 4.27. The lowest BCUT2D eigenvalue weighted by Gasteiger charge is -2.06. The van der Waals surface area contributed by atoms with Gasteiger partial charge in [-0.3, -0.25) is 9.78 Å². The molecule has 0 amide bonds. The molecule has 0 fully saturated rings. The van der Waals surface area contributed by atoms with E-state index in [0.29, 0.717) is 12.1 Å².